The Morgan fingerprint density at radius 1 is 0.438 bits per heavy atom. The maximum atomic E-state index is 2.48. The molecule has 0 aliphatic heterocycles. The molecule has 0 N–H and O–H groups in total. The topological polar surface area (TPSA) is 6.48 Å². The van der Waals surface area contributed by atoms with Gasteiger partial charge in [-0.25, -0.2) is 0 Å². The lowest BCUT2D eigenvalue weighted by atomic mass is 10.0. The highest BCUT2D eigenvalue weighted by atomic mass is 15.1. The van der Waals surface area contributed by atoms with Gasteiger partial charge in [-0.2, -0.15) is 0 Å². The highest BCUT2D eigenvalue weighted by Crippen LogP contribution is 2.35. The normalized spacial score (nSPS) is 10.7. The van der Waals surface area contributed by atoms with Crippen molar-refractivity contribution in [1.82, 2.24) is 0 Å². The monoisotopic (exact) mass is 420 g/mol. The SMILES string of the molecule is CCCN(CCC)c1ccc(-c2ccc(N(c3ccccc3)c3ccccc3)cc2)cc1. The van der Waals surface area contributed by atoms with Crippen LogP contribution in [-0.2, 0) is 0 Å². The van der Waals surface area contributed by atoms with E-state index in [4.69, 9.17) is 0 Å². The molecule has 0 fully saturated rings. The Morgan fingerprint density at radius 3 is 1.22 bits per heavy atom. The van der Waals surface area contributed by atoms with Crippen LogP contribution in [-0.4, -0.2) is 13.1 Å². The number of rotatable bonds is 9. The molecule has 0 heterocycles. The van der Waals surface area contributed by atoms with Crippen molar-refractivity contribution in [3.8, 4) is 11.1 Å². The van der Waals surface area contributed by atoms with Crippen LogP contribution in [0.15, 0.2) is 109 Å². The molecule has 0 amide bonds. The molecular weight excluding hydrogens is 388 g/mol. The number of hydrogen-bond donors (Lipinski definition) is 0. The summed E-state index contributed by atoms with van der Waals surface area (Å²) in [4.78, 5) is 4.77. The first-order valence-corrected chi connectivity index (χ1v) is 11.7. The fourth-order valence-electron chi connectivity index (χ4n) is 4.18. The number of para-hydroxylation sites is 2. The Morgan fingerprint density at radius 2 is 0.812 bits per heavy atom. The summed E-state index contributed by atoms with van der Waals surface area (Å²) < 4.78 is 0. The third-order valence-electron chi connectivity index (χ3n) is 5.71. The van der Waals surface area contributed by atoms with Crippen molar-refractivity contribution in [2.75, 3.05) is 22.9 Å². The van der Waals surface area contributed by atoms with Gasteiger partial charge in [-0.3, -0.25) is 0 Å². The van der Waals surface area contributed by atoms with Crippen LogP contribution in [0.1, 0.15) is 26.7 Å². The molecule has 0 aliphatic rings. The van der Waals surface area contributed by atoms with Gasteiger partial charge in [0.05, 0.1) is 0 Å². The zero-order valence-electron chi connectivity index (χ0n) is 19.1. The molecule has 0 radical (unpaired) electrons. The Balaban J connectivity index is 1.60. The highest BCUT2D eigenvalue weighted by Gasteiger charge is 2.12. The van der Waals surface area contributed by atoms with Gasteiger partial charge in [-0.05, 0) is 72.5 Å². The van der Waals surface area contributed by atoms with E-state index in [-0.39, 0.29) is 0 Å². The van der Waals surface area contributed by atoms with Crippen LogP contribution in [0.25, 0.3) is 11.1 Å². The van der Waals surface area contributed by atoms with Crippen LogP contribution in [0.2, 0.25) is 0 Å². The maximum absolute atomic E-state index is 2.48. The minimum Gasteiger partial charge on any atom is -0.372 e. The summed E-state index contributed by atoms with van der Waals surface area (Å²) in [6.07, 6.45) is 2.34. The molecular formula is C30H32N2. The van der Waals surface area contributed by atoms with Crippen molar-refractivity contribution in [2.45, 2.75) is 26.7 Å². The predicted octanol–water partition coefficient (Wildman–Crippen LogP) is 8.45. The van der Waals surface area contributed by atoms with Gasteiger partial charge in [0.25, 0.3) is 0 Å². The fourth-order valence-corrected chi connectivity index (χ4v) is 4.18. The third kappa shape index (κ3) is 5.03. The van der Waals surface area contributed by atoms with Gasteiger partial charge in [-0.1, -0.05) is 74.5 Å². The molecule has 0 spiro atoms. The Kier molecular flexibility index (Phi) is 7.24. The summed E-state index contributed by atoms with van der Waals surface area (Å²) >= 11 is 0. The second-order valence-corrected chi connectivity index (χ2v) is 8.09. The predicted molar refractivity (Wildman–Crippen MR) is 139 cm³/mol. The molecule has 4 rings (SSSR count). The van der Waals surface area contributed by atoms with Crippen LogP contribution >= 0.6 is 0 Å². The minimum absolute atomic E-state index is 1.11. The molecule has 32 heavy (non-hydrogen) atoms. The first-order valence-electron chi connectivity index (χ1n) is 11.7. The Labute approximate surface area is 192 Å². The lowest BCUT2D eigenvalue weighted by molar-refractivity contribution is 0.745. The summed E-state index contributed by atoms with van der Waals surface area (Å²) in [6.45, 7) is 6.70. The lowest BCUT2D eigenvalue weighted by Gasteiger charge is -2.25. The van der Waals surface area contributed by atoms with E-state index in [9.17, 15) is 0 Å². The molecule has 0 aliphatic carbocycles. The highest BCUT2D eigenvalue weighted by molar-refractivity contribution is 5.78. The van der Waals surface area contributed by atoms with Crippen LogP contribution in [0.4, 0.5) is 22.7 Å². The van der Waals surface area contributed by atoms with E-state index in [0.29, 0.717) is 0 Å². The van der Waals surface area contributed by atoms with Gasteiger partial charge in [0.15, 0.2) is 0 Å². The molecule has 2 nitrogen and oxygen atoms in total. The molecule has 0 saturated carbocycles. The molecule has 4 aromatic rings. The summed E-state index contributed by atoms with van der Waals surface area (Å²) in [7, 11) is 0. The molecule has 2 heteroatoms. The molecule has 162 valence electrons. The van der Waals surface area contributed by atoms with Gasteiger partial charge >= 0.3 is 0 Å². The minimum atomic E-state index is 1.11. The van der Waals surface area contributed by atoms with Crippen molar-refractivity contribution in [3.63, 3.8) is 0 Å². The van der Waals surface area contributed by atoms with E-state index >= 15 is 0 Å². The summed E-state index contributed by atoms with van der Waals surface area (Å²) in [6, 6.07) is 38.9. The first-order chi connectivity index (χ1) is 15.8. The molecule has 0 aromatic heterocycles. The third-order valence-corrected chi connectivity index (χ3v) is 5.71. The summed E-state index contributed by atoms with van der Waals surface area (Å²) in [5, 5.41) is 0. The average molecular weight is 421 g/mol. The summed E-state index contributed by atoms with van der Waals surface area (Å²) in [5.74, 6) is 0. The van der Waals surface area contributed by atoms with E-state index in [0.717, 1.165) is 30.2 Å². The van der Waals surface area contributed by atoms with Gasteiger partial charge in [0, 0.05) is 35.8 Å². The molecule has 0 unspecified atom stereocenters. The van der Waals surface area contributed by atoms with Crippen LogP contribution < -0.4 is 9.80 Å². The first kappa shape index (κ1) is 21.7. The van der Waals surface area contributed by atoms with Crippen LogP contribution in [0, 0.1) is 0 Å². The number of hydrogen-bond acceptors (Lipinski definition) is 2. The maximum Gasteiger partial charge on any atom is 0.0462 e. The van der Waals surface area contributed by atoms with Crippen molar-refractivity contribution >= 4 is 22.7 Å². The van der Waals surface area contributed by atoms with Crippen molar-refractivity contribution in [2.24, 2.45) is 0 Å². The van der Waals surface area contributed by atoms with Crippen LogP contribution in [0.5, 0.6) is 0 Å². The smallest absolute Gasteiger partial charge is 0.0462 e. The summed E-state index contributed by atoms with van der Waals surface area (Å²) in [5.41, 5.74) is 7.26. The van der Waals surface area contributed by atoms with Gasteiger partial charge < -0.3 is 9.80 Å². The van der Waals surface area contributed by atoms with Gasteiger partial charge in [0.1, 0.15) is 0 Å². The number of nitrogens with zero attached hydrogens (tertiary/aromatic N) is 2. The molecule has 4 aromatic carbocycles. The average Bonchev–Trinajstić information content (AvgIpc) is 2.86. The standard InChI is InChI=1S/C30H32N2/c1-3-23-31(24-4-2)27-19-15-25(16-20-27)26-17-21-30(22-18-26)32(28-11-7-5-8-12-28)29-13-9-6-10-14-29/h5-22H,3-4,23-24H2,1-2H3. The Hall–Kier alpha value is -3.52. The van der Waals surface area contributed by atoms with Crippen molar-refractivity contribution in [1.29, 1.82) is 0 Å². The number of anilines is 4. The Bertz CT molecular complexity index is 1030. The fraction of sp³-hybridized carbons (Fsp3) is 0.200. The second kappa shape index (κ2) is 10.7. The zero-order valence-corrected chi connectivity index (χ0v) is 19.1. The molecule has 0 bridgehead atoms. The van der Waals surface area contributed by atoms with E-state index in [2.05, 4.69) is 133 Å². The lowest BCUT2D eigenvalue weighted by Crippen LogP contribution is -2.24. The second-order valence-electron chi connectivity index (χ2n) is 8.09. The van der Waals surface area contributed by atoms with Crippen molar-refractivity contribution in [3.05, 3.63) is 109 Å². The quantitative estimate of drug-likeness (QED) is 0.268. The van der Waals surface area contributed by atoms with Crippen molar-refractivity contribution < 1.29 is 0 Å². The zero-order chi connectivity index (χ0) is 22.2. The van der Waals surface area contributed by atoms with E-state index in [1.165, 1.54) is 29.7 Å². The van der Waals surface area contributed by atoms with Gasteiger partial charge in [0.2, 0.25) is 0 Å². The van der Waals surface area contributed by atoms with E-state index < -0.39 is 0 Å². The largest absolute Gasteiger partial charge is 0.372 e. The van der Waals surface area contributed by atoms with E-state index in [1.807, 2.05) is 0 Å². The van der Waals surface area contributed by atoms with Crippen LogP contribution in [0.3, 0.4) is 0 Å². The van der Waals surface area contributed by atoms with Gasteiger partial charge in [-0.15, -0.1) is 0 Å². The molecule has 0 atom stereocenters. The number of benzene rings is 4. The molecule has 0 saturated heterocycles. The van der Waals surface area contributed by atoms with E-state index in [1.54, 1.807) is 0 Å².